The molecule has 1 atom stereocenters. The van der Waals surface area contributed by atoms with Crippen LogP contribution in [0.15, 0.2) is 60.1 Å². The van der Waals surface area contributed by atoms with Crippen LogP contribution in [0.1, 0.15) is 23.3 Å². The quantitative estimate of drug-likeness (QED) is 0.528. The lowest BCUT2D eigenvalue weighted by Crippen LogP contribution is -2.43. The van der Waals surface area contributed by atoms with Gasteiger partial charge in [-0.2, -0.15) is 5.10 Å². The molecule has 0 unspecified atom stereocenters. The third-order valence-corrected chi connectivity index (χ3v) is 6.15. The van der Waals surface area contributed by atoms with Crippen LogP contribution in [0.5, 0.6) is 0 Å². The fourth-order valence-corrected chi connectivity index (χ4v) is 4.63. The van der Waals surface area contributed by atoms with E-state index in [-0.39, 0.29) is 11.9 Å². The van der Waals surface area contributed by atoms with Gasteiger partial charge in [-0.1, -0.05) is 30.3 Å². The van der Waals surface area contributed by atoms with E-state index >= 15 is 0 Å². The normalized spacial score (nSPS) is 16.7. The minimum absolute atomic E-state index is 0.160. The molecule has 3 N–H and O–H groups in total. The Hall–Kier alpha value is -3.23. The molecule has 1 amide bonds. The number of rotatable bonds is 4. The Bertz CT molecular complexity index is 1200. The first-order valence-electron chi connectivity index (χ1n) is 9.98. The summed E-state index contributed by atoms with van der Waals surface area (Å²) in [5.74, 6) is -0.234. The van der Waals surface area contributed by atoms with Crippen molar-refractivity contribution in [3.05, 3.63) is 65.8 Å². The Morgan fingerprint density at radius 1 is 1.17 bits per heavy atom. The highest BCUT2D eigenvalue weighted by Gasteiger charge is 2.21. The number of nitrogens with zero attached hydrogens (tertiary/aromatic N) is 4. The van der Waals surface area contributed by atoms with Gasteiger partial charge in [0.05, 0.1) is 23.1 Å². The zero-order valence-corrected chi connectivity index (χ0v) is 17.2. The largest absolute Gasteiger partial charge is 0.368 e. The van der Waals surface area contributed by atoms with Gasteiger partial charge in [0.25, 0.3) is 5.91 Å². The highest BCUT2D eigenvalue weighted by molar-refractivity contribution is 7.12. The van der Waals surface area contributed by atoms with Crippen molar-refractivity contribution in [3.8, 4) is 5.13 Å². The van der Waals surface area contributed by atoms with Crippen molar-refractivity contribution in [3.63, 3.8) is 0 Å². The van der Waals surface area contributed by atoms with Crippen molar-refractivity contribution >= 4 is 39.5 Å². The van der Waals surface area contributed by atoms with Gasteiger partial charge in [0.15, 0.2) is 0 Å². The number of piperidine rings is 1. The molecule has 1 saturated heterocycles. The van der Waals surface area contributed by atoms with Gasteiger partial charge in [0, 0.05) is 29.9 Å². The second-order valence-corrected chi connectivity index (χ2v) is 8.29. The van der Waals surface area contributed by atoms with Crippen molar-refractivity contribution in [2.75, 3.05) is 23.3 Å². The van der Waals surface area contributed by atoms with E-state index in [0.29, 0.717) is 10.8 Å². The first-order valence-corrected chi connectivity index (χ1v) is 10.9. The summed E-state index contributed by atoms with van der Waals surface area (Å²) in [5.41, 5.74) is 9.25. The summed E-state index contributed by atoms with van der Waals surface area (Å²) in [6.07, 6.45) is 3.89. The second kappa shape index (κ2) is 7.89. The van der Waals surface area contributed by atoms with Crippen LogP contribution in [0.2, 0.25) is 0 Å². The van der Waals surface area contributed by atoms with Gasteiger partial charge in [-0.25, -0.2) is 9.67 Å². The van der Waals surface area contributed by atoms with Gasteiger partial charge in [-0.05, 0) is 31.0 Å². The smallest absolute Gasteiger partial charge is 0.275 e. The first kappa shape index (κ1) is 18.8. The number of carbonyl (C=O) groups excluding carboxylic acids is 1. The number of hydrogen-bond donors (Lipinski definition) is 2. The predicted octanol–water partition coefficient (Wildman–Crippen LogP) is 3.66. The Morgan fingerprint density at radius 2 is 2.00 bits per heavy atom. The molecule has 2 aromatic carbocycles. The second-order valence-electron chi connectivity index (χ2n) is 7.45. The third-order valence-electron chi connectivity index (χ3n) is 5.33. The summed E-state index contributed by atoms with van der Waals surface area (Å²) in [6, 6.07) is 15.9. The number of para-hydroxylation sites is 3. The van der Waals surface area contributed by atoms with Gasteiger partial charge in [0.1, 0.15) is 5.69 Å². The molecule has 5 rings (SSSR count). The van der Waals surface area contributed by atoms with Crippen LogP contribution in [0.3, 0.4) is 0 Å². The Kier molecular flexibility index (Phi) is 4.94. The van der Waals surface area contributed by atoms with E-state index in [0.717, 1.165) is 48.2 Å². The lowest BCUT2D eigenvalue weighted by atomic mass is 10.1. The van der Waals surface area contributed by atoms with E-state index in [1.807, 2.05) is 48.5 Å². The maximum Gasteiger partial charge on any atom is 0.275 e. The van der Waals surface area contributed by atoms with Crippen molar-refractivity contribution in [2.45, 2.75) is 18.9 Å². The summed E-state index contributed by atoms with van der Waals surface area (Å²) < 4.78 is 1.76. The van der Waals surface area contributed by atoms with Crippen molar-refractivity contribution < 1.29 is 4.79 Å². The fraction of sp³-hybridized carbons (Fsp3) is 0.227. The Balaban J connectivity index is 1.38. The minimum atomic E-state index is -0.234. The number of anilines is 2. The molecule has 2 aromatic heterocycles. The van der Waals surface area contributed by atoms with E-state index in [4.69, 9.17) is 5.73 Å². The van der Waals surface area contributed by atoms with Crippen LogP contribution in [0.4, 0.5) is 11.4 Å². The summed E-state index contributed by atoms with van der Waals surface area (Å²) >= 11 is 1.40. The van der Waals surface area contributed by atoms with E-state index in [1.165, 1.54) is 11.3 Å². The van der Waals surface area contributed by atoms with E-state index in [1.54, 1.807) is 16.3 Å². The van der Waals surface area contributed by atoms with E-state index in [9.17, 15) is 4.79 Å². The van der Waals surface area contributed by atoms with Gasteiger partial charge in [-0.3, -0.25) is 4.79 Å². The molecule has 0 spiro atoms. The standard InChI is InChI=1S/C22H22N6OS/c23-16-7-5-11-27(13-16)20-10-4-2-8-17(20)25-21(29)18-14-30-22(26-18)28-19-9-3-1-6-15(19)12-24-28/h1-4,6,8-10,12,14,16H,5,7,11,13,23H2,(H,25,29)/t16-/m1/s1. The molecule has 3 heterocycles. The van der Waals surface area contributed by atoms with Crippen LogP contribution in [-0.2, 0) is 0 Å². The number of nitrogens with two attached hydrogens (primary N) is 1. The predicted molar refractivity (Wildman–Crippen MR) is 121 cm³/mol. The zero-order chi connectivity index (χ0) is 20.5. The summed E-state index contributed by atoms with van der Waals surface area (Å²) in [6.45, 7) is 1.73. The summed E-state index contributed by atoms with van der Waals surface area (Å²) in [4.78, 5) is 19.7. The number of hydrogen-bond acceptors (Lipinski definition) is 6. The van der Waals surface area contributed by atoms with Gasteiger partial charge in [0.2, 0.25) is 5.13 Å². The first-order chi connectivity index (χ1) is 14.7. The third kappa shape index (κ3) is 3.55. The number of amides is 1. The van der Waals surface area contributed by atoms with Crippen LogP contribution in [-0.4, -0.2) is 39.8 Å². The lowest BCUT2D eigenvalue weighted by molar-refractivity contribution is 0.102. The highest BCUT2D eigenvalue weighted by Crippen LogP contribution is 2.29. The lowest BCUT2D eigenvalue weighted by Gasteiger charge is -2.33. The number of thiazole rings is 1. The van der Waals surface area contributed by atoms with Crippen LogP contribution in [0.25, 0.3) is 16.0 Å². The molecule has 0 aliphatic carbocycles. The average Bonchev–Trinajstić information content (AvgIpc) is 3.41. The molecule has 30 heavy (non-hydrogen) atoms. The molecule has 8 heteroatoms. The Labute approximate surface area is 178 Å². The molecule has 1 aliphatic rings. The number of fused-ring (bicyclic) bond motifs is 1. The fourth-order valence-electron chi connectivity index (χ4n) is 3.86. The molecule has 152 valence electrons. The molecule has 1 fully saturated rings. The van der Waals surface area contributed by atoms with Crippen molar-refractivity contribution in [1.82, 2.24) is 14.8 Å². The summed E-state index contributed by atoms with van der Waals surface area (Å²) in [5, 5.41) is 10.9. The SMILES string of the molecule is N[C@@H]1CCCN(c2ccccc2NC(=O)c2csc(-n3ncc4ccccc43)n2)C1. The molecule has 4 aromatic rings. The molecular weight excluding hydrogens is 396 g/mol. The molecular formula is C22H22N6OS. The molecule has 1 aliphatic heterocycles. The topological polar surface area (TPSA) is 89.1 Å². The molecule has 0 saturated carbocycles. The van der Waals surface area contributed by atoms with Gasteiger partial charge >= 0.3 is 0 Å². The average molecular weight is 419 g/mol. The summed E-state index contributed by atoms with van der Waals surface area (Å²) in [7, 11) is 0. The van der Waals surface area contributed by atoms with E-state index in [2.05, 4.69) is 20.3 Å². The van der Waals surface area contributed by atoms with Gasteiger partial charge in [-0.15, -0.1) is 11.3 Å². The van der Waals surface area contributed by atoms with Crippen LogP contribution < -0.4 is 16.0 Å². The number of nitrogens with one attached hydrogen (secondary N) is 1. The maximum atomic E-state index is 12.9. The number of benzene rings is 2. The van der Waals surface area contributed by atoms with Crippen LogP contribution in [0, 0.1) is 0 Å². The molecule has 0 radical (unpaired) electrons. The van der Waals surface area contributed by atoms with Gasteiger partial charge < -0.3 is 16.0 Å². The monoisotopic (exact) mass is 418 g/mol. The minimum Gasteiger partial charge on any atom is -0.368 e. The van der Waals surface area contributed by atoms with Crippen molar-refractivity contribution in [1.29, 1.82) is 0 Å². The molecule has 0 bridgehead atoms. The number of carbonyl (C=O) groups is 1. The van der Waals surface area contributed by atoms with Crippen LogP contribution >= 0.6 is 11.3 Å². The maximum absolute atomic E-state index is 12.9. The number of aromatic nitrogens is 3. The highest BCUT2D eigenvalue weighted by atomic mass is 32.1. The Morgan fingerprint density at radius 3 is 2.90 bits per heavy atom. The van der Waals surface area contributed by atoms with Crippen molar-refractivity contribution in [2.24, 2.45) is 5.73 Å². The zero-order valence-electron chi connectivity index (χ0n) is 16.4. The molecule has 7 nitrogen and oxygen atoms in total. The van der Waals surface area contributed by atoms with E-state index < -0.39 is 0 Å².